The molecule has 0 fully saturated rings. The van der Waals surface area contributed by atoms with Crippen molar-refractivity contribution in [3.8, 4) is 0 Å². The predicted octanol–water partition coefficient (Wildman–Crippen LogP) is 0.0211. The third-order valence-corrected chi connectivity index (χ3v) is 4.94. The van der Waals surface area contributed by atoms with Crippen LogP contribution in [-0.2, 0) is 21.2 Å². The molecule has 0 aliphatic carbocycles. The number of carbonyl (C=O) groups is 1. The quantitative estimate of drug-likeness (QED) is 0.798. The van der Waals surface area contributed by atoms with E-state index in [1.165, 1.54) is 10.4 Å². The van der Waals surface area contributed by atoms with E-state index in [4.69, 9.17) is 0 Å². The Hall–Kier alpha value is -1.44. The molecular formula is C12H17N3O3S. The summed E-state index contributed by atoms with van der Waals surface area (Å²) in [4.78, 5) is 11.5. The van der Waals surface area contributed by atoms with Gasteiger partial charge in [-0.2, -0.15) is 4.31 Å². The third-order valence-electron chi connectivity index (χ3n) is 3.09. The molecule has 0 unspecified atom stereocenters. The van der Waals surface area contributed by atoms with Crippen molar-refractivity contribution in [2.45, 2.75) is 11.3 Å². The van der Waals surface area contributed by atoms with Crippen molar-refractivity contribution in [1.82, 2.24) is 9.62 Å². The van der Waals surface area contributed by atoms with Crippen molar-refractivity contribution in [2.24, 2.45) is 0 Å². The molecule has 0 bridgehead atoms. The lowest BCUT2D eigenvalue weighted by Crippen LogP contribution is -2.32. The number of rotatable bonds is 5. The van der Waals surface area contributed by atoms with Crippen molar-refractivity contribution in [2.75, 3.05) is 32.5 Å². The predicted molar refractivity (Wildman–Crippen MR) is 72.5 cm³/mol. The molecule has 0 radical (unpaired) electrons. The van der Waals surface area contributed by atoms with Crippen LogP contribution in [0.4, 0.5) is 5.69 Å². The van der Waals surface area contributed by atoms with Gasteiger partial charge in [-0.05, 0) is 30.8 Å². The first-order valence-corrected chi connectivity index (χ1v) is 7.43. The van der Waals surface area contributed by atoms with Gasteiger partial charge in [-0.25, -0.2) is 8.42 Å². The molecule has 0 spiro atoms. The summed E-state index contributed by atoms with van der Waals surface area (Å²) < 4.78 is 25.9. The van der Waals surface area contributed by atoms with Gasteiger partial charge in [0.25, 0.3) is 0 Å². The minimum Gasteiger partial charge on any atom is -0.326 e. The number of fused-ring (bicyclic) bond motifs is 1. The summed E-state index contributed by atoms with van der Waals surface area (Å²) in [6, 6.07) is 4.73. The van der Waals surface area contributed by atoms with Gasteiger partial charge in [0.2, 0.25) is 15.9 Å². The topological polar surface area (TPSA) is 78.5 Å². The highest BCUT2D eigenvalue weighted by Crippen LogP contribution is 2.26. The van der Waals surface area contributed by atoms with Gasteiger partial charge in [-0.15, -0.1) is 0 Å². The lowest BCUT2D eigenvalue weighted by Gasteiger charge is -2.17. The Morgan fingerprint density at radius 3 is 2.84 bits per heavy atom. The van der Waals surface area contributed by atoms with E-state index < -0.39 is 10.0 Å². The average Bonchev–Trinajstić information content (AvgIpc) is 2.74. The van der Waals surface area contributed by atoms with Crippen LogP contribution in [0.5, 0.6) is 0 Å². The normalized spacial score (nSPS) is 14.6. The number of sulfonamides is 1. The van der Waals surface area contributed by atoms with Crippen LogP contribution in [0.2, 0.25) is 0 Å². The van der Waals surface area contributed by atoms with E-state index in [0.29, 0.717) is 18.8 Å². The van der Waals surface area contributed by atoms with Crippen molar-refractivity contribution in [3.05, 3.63) is 23.8 Å². The van der Waals surface area contributed by atoms with E-state index in [0.717, 1.165) is 5.56 Å². The maximum atomic E-state index is 12.3. The van der Waals surface area contributed by atoms with Crippen LogP contribution in [0.3, 0.4) is 0 Å². The first-order chi connectivity index (χ1) is 8.95. The van der Waals surface area contributed by atoms with Crippen LogP contribution in [0.25, 0.3) is 0 Å². The van der Waals surface area contributed by atoms with E-state index in [2.05, 4.69) is 10.6 Å². The van der Waals surface area contributed by atoms with Gasteiger partial charge in [0.1, 0.15) is 0 Å². The van der Waals surface area contributed by atoms with Crippen molar-refractivity contribution >= 4 is 21.6 Å². The Morgan fingerprint density at radius 1 is 1.42 bits per heavy atom. The smallest absolute Gasteiger partial charge is 0.242 e. The zero-order chi connectivity index (χ0) is 14.0. The molecule has 104 valence electrons. The number of anilines is 1. The monoisotopic (exact) mass is 283 g/mol. The standard InChI is InChI=1S/C12H17N3O3S/c1-13-5-6-15(2)19(17,18)10-3-4-11-9(7-10)8-12(16)14-11/h3-4,7,13H,5-6,8H2,1-2H3,(H,14,16). The highest BCUT2D eigenvalue weighted by molar-refractivity contribution is 7.89. The highest BCUT2D eigenvalue weighted by atomic mass is 32.2. The van der Waals surface area contributed by atoms with E-state index in [-0.39, 0.29) is 17.2 Å². The second-order valence-electron chi connectivity index (χ2n) is 4.47. The molecule has 7 heteroatoms. The SMILES string of the molecule is CNCCN(C)S(=O)(=O)c1ccc2c(c1)CC(=O)N2. The van der Waals surface area contributed by atoms with Crippen LogP contribution in [-0.4, -0.2) is 45.8 Å². The maximum absolute atomic E-state index is 12.3. The van der Waals surface area contributed by atoms with Crippen LogP contribution in [0.15, 0.2) is 23.1 Å². The first kappa shape index (κ1) is 14.0. The number of amides is 1. The molecule has 1 heterocycles. The molecule has 1 amide bonds. The summed E-state index contributed by atoms with van der Waals surface area (Å²) in [6.07, 6.45) is 0.235. The molecule has 1 aliphatic rings. The molecule has 0 saturated heterocycles. The molecule has 1 aromatic carbocycles. The van der Waals surface area contributed by atoms with E-state index in [9.17, 15) is 13.2 Å². The zero-order valence-corrected chi connectivity index (χ0v) is 11.8. The van der Waals surface area contributed by atoms with Crippen LogP contribution >= 0.6 is 0 Å². The molecule has 2 N–H and O–H groups in total. The van der Waals surface area contributed by atoms with Gasteiger partial charge >= 0.3 is 0 Å². The molecule has 1 aliphatic heterocycles. The molecule has 0 saturated carbocycles. The highest BCUT2D eigenvalue weighted by Gasteiger charge is 2.24. The van der Waals surface area contributed by atoms with Gasteiger partial charge in [-0.3, -0.25) is 4.79 Å². The van der Waals surface area contributed by atoms with E-state index >= 15 is 0 Å². The lowest BCUT2D eigenvalue weighted by molar-refractivity contribution is -0.115. The molecule has 0 aromatic heterocycles. The number of benzene rings is 1. The number of nitrogens with zero attached hydrogens (tertiary/aromatic N) is 1. The molecule has 19 heavy (non-hydrogen) atoms. The Labute approximate surface area is 112 Å². The second-order valence-corrected chi connectivity index (χ2v) is 6.52. The summed E-state index contributed by atoms with van der Waals surface area (Å²) in [6.45, 7) is 0.980. The average molecular weight is 283 g/mol. The van der Waals surface area contributed by atoms with Crippen LogP contribution in [0, 0.1) is 0 Å². The van der Waals surface area contributed by atoms with Gasteiger partial charge < -0.3 is 10.6 Å². The third kappa shape index (κ3) is 2.78. The number of likely N-dealkylation sites (N-methyl/N-ethyl adjacent to an activating group) is 2. The summed E-state index contributed by atoms with van der Waals surface area (Å²) in [5.74, 6) is -0.104. The van der Waals surface area contributed by atoms with Gasteiger partial charge in [-0.1, -0.05) is 0 Å². The lowest BCUT2D eigenvalue weighted by atomic mass is 10.2. The number of carbonyl (C=O) groups excluding carboxylic acids is 1. The second kappa shape index (κ2) is 5.28. The van der Waals surface area contributed by atoms with Gasteiger partial charge in [0, 0.05) is 25.8 Å². The fraction of sp³-hybridized carbons (Fsp3) is 0.417. The van der Waals surface area contributed by atoms with Crippen LogP contribution < -0.4 is 10.6 Å². The molecular weight excluding hydrogens is 266 g/mol. The molecule has 6 nitrogen and oxygen atoms in total. The summed E-state index contributed by atoms with van der Waals surface area (Å²) in [5, 5.41) is 5.59. The summed E-state index contributed by atoms with van der Waals surface area (Å²) in [5.41, 5.74) is 1.43. The fourth-order valence-corrected chi connectivity index (χ4v) is 3.16. The minimum atomic E-state index is -3.50. The molecule has 1 aromatic rings. The summed E-state index contributed by atoms with van der Waals surface area (Å²) >= 11 is 0. The Bertz CT molecular complexity index is 598. The number of nitrogens with one attached hydrogen (secondary N) is 2. The van der Waals surface area contributed by atoms with Crippen molar-refractivity contribution < 1.29 is 13.2 Å². The van der Waals surface area contributed by atoms with Gasteiger partial charge in [0.15, 0.2) is 0 Å². The largest absolute Gasteiger partial charge is 0.326 e. The van der Waals surface area contributed by atoms with E-state index in [1.807, 2.05) is 0 Å². The summed E-state index contributed by atoms with van der Waals surface area (Å²) in [7, 11) is -0.180. The van der Waals surface area contributed by atoms with Gasteiger partial charge in [0.05, 0.1) is 11.3 Å². The zero-order valence-electron chi connectivity index (χ0n) is 10.9. The Kier molecular flexibility index (Phi) is 3.88. The van der Waals surface area contributed by atoms with Crippen molar-refractivity contribution in [1.29, 1.82) is 0 Å². The first-order valence-electron chi connectivity index (χ1n) is 5.99. The number of hydrogen-bond donors (Lipinski definition) is 2. The molecule has 2 rings (SSSR count). The maximum Gasteiger partial charge on any atom is 0.242 e. The minimum absolute atomic E-state index is 0.104. The Morgan fingerprint density at radius 2 is 2.16 bits per heavy atom. The fourth-order valence-electron chi connectivity index (χ4n) is 1.94. The number of hydrogen-bond acceptors (Lipinski definition) is 4. The Balaban J connectivity index is 2.27. The van der Waals surface area contributed by atoms with Crippen molar-refractivity contribution in [3.63, 3.8) is 0 Å². The van der Waals surface area contributed by atoms with Crippen LogP contribution in [0.1, 0.15) is 5.56 Å². The molecule has 0 atom stereocenters. The van der Waals surface area contributed by atoms with E-state index in [1.54, 1.807) is 26.2 Å².